The number of aliphatic carboxylic acids is 1. The van der Waals surface area contributed by atoms with Crippen molar-refractivity contribution in [3.8, 4) is 5.75 Å². The van der Waals surface area contributed by atoms with Crippen LogP contribution in [0, 0.1) is 0 Å². The predicted octanol–water partition coefficient (Wildman–Crippen LogP) is 7.77. The lowest BCUT2D eigenvalue weighted by molar-refractivity contribution is -0.137. The maximum Gasteiger partial charge on any atom is 0.335 e. The van der Waals surface area contributed by atoms with Crippen LogP contribution >= 0.6 is 0 Å². The van der Waals surface area contributed by atoms with Gasteiger partial charge in [0.15, 0.2) is 0 Å². The first-order chi connectivity index (χ1) is 19.9. The normalized spacial score (nSPS) is 15.2. The highest BCUT2D eigenvalue weighted by Crippen LogP contribution is 2.33. The number of ether oxygens (including phenoxy) is 1. The van der Waals surface area contributed by atoms with Gasteiger partial charge in [-0.2, -0.15) is 0 Å². The first kappa shape index (κ1) is 30.5. The molecular weight excluding hydrogens is 536 g/mol. The molecule has 0 saturated heterocycles. The highest BCUT2D eigenvalue weighted by molar-refractivity contribution is 7.85. The van der Waals surface area contributed by atoms with E-state index in [2.05, 4.69) is 24.3 Å². The second-order valence-corrected chi connectivity index (χ2v) is 12.6. The second kappa shape index (κ2) is 15.5. The Morgan fingerprint density at radius 3 is 2.24 bits per heavy atom. The van der Waals surface area contributed by atoms with Crippen molar-refractivity contribution in [2.45, 2.75) is 93.3 Å². The van der Waals surface area contributed by atoms with E-state index >= 15 is 0 Å². The summed E-state index contributed by atoms with van der Waals surface area (Å²) in [6.07, 6.45) is 9.75. The third-order valence-electron chi connectivity index (χ3n) is 7.96. The van der Waals surface area contributed by atoms with Crippen LogP contribution in [0.25, 0.3) is 0 Å². The minimum atomic E-state index is -1.36. The van der Waals surface area contributed by atoms with E-state index in [0.29, 0.717) is 49.5 Å². The van der Waals surface area contributed by atoms with Crippen molar-refractivity contribution in [2.75, 3.05) is 0 Å². The largest absolute Gasteiger partial charge is 0.489 e. The number of carboxylic acids is 2. The fourth-order valence-corrected chi connectivity index (χ4v) is 7.08. The number of carbonyl (C=O) groups is 2. The average Bonchev–Trinajstić information content (AvgIpc) is 3.00. The first-order valence-corrected chi connectivity index (χ1v) is 15.9. The lowest BCUT2D eigenvalue weighted by atomic mass is 9.84. The zero-order chi connectivity index (χ0) is 29.0. The van der Waals surface area contributed by atoms with Gasteiger partial charge in [0, 0.05) is 16.6 Å². The Morgan fingerprint density at radius 2 is 1.56 bits per heavy atom. The average molecular weight is 577 g/mol. The van der Waals surface area contributed by atoms with Crippen LogP contribution in [0.2, 0.25) is 0 Å². The summed E-state index contributed by atoms with van der Waals surface area (Å²) in [6.45, 7) is 0.475. The molecule has 0 spiro atoms. The molecule has 3 aromatic carbocycles. The molecule has 0 aliphatic heterocycles. The van der Waals surface area contributed by atoms with Gasteiger partial charge in [0.05, 0.1) is 16.4 Å². The molecule has 1 fully saturated rings. The molecule has 41 heavy (non-hydrogen) atoms. The summed E-state index contributed by atoms with van der Waals surface area (Å²) in [5.41, 5.74) is 3.74. The van der Waals surface area contributed by atoms with E-state index < -0.39 is 22.7 Å². The Balaban J connectivity index is 1.39. The van der Waals surface area contributed by atoms with Crippen LogP contribution in [0.1, 0.15) is 97.2 Å². The van der Waals surface area contributed by atoms with Crippen LogP contribution in [-0.4, -0.2) is 31.6 Å². The topological polar surface area (TPSA) is 101 Å². The minimum absolute atomic E-state index is 0.0883. The second-order valence-electron chi connectivity index (χ2n) is 10.9. The maximum atomic E-state index is 13.5. The van der Waals surface area contributed by atoms with Crippen LogP contribution in [-0.2, 0) is 28.6 Å². The lowest BCUT2D eigenvalue weighted by Crippen LogP contribution is -2.17. The van der Waals surface area contributed by atoms with Gasteiger partial charge in [-0.15, -0.1) is 0 Å². The van der Waals surface area contributed by atoms with Crippen molar-refractivity contribution in [3.05, 3.63) is 95.1 Å². The molecule has 0 amide bonds. The number of unbranched alkanes of at least 4 members (excludes halogenated alkanes) is 1. The smallest absolute Gasteiger partial charge is 0.335 e. The zero-order valence-electron chi connectivity index (χ0n) is 23.5. The molecule has 4 rings (SSSR count). The number of hydrogen-bond acceptors (Lipinski definition) is 4. The molecule has 0 bridgehead atoms. The van der Waals surface area contributed by atoms with E-state index in [9.17, 15) is 18.9 Å². The van der Waals surface area contributed by atoms with Crippen LogP contribution in [0.3, 0.4) is 0 Å². The number of aryl methyl sites for hydroxylation is 1. The SMILES string of the molecule is O=C(O)CCCCC(CCc1ccccc1OCc1ccc(C2CCCCC2)cc1)S(=O)c1ccc(C(=O)O)cc1. The Bertz CT molecular complexity index is 1300. The van der Waals surface area contributed by atoms with Crippen molar-refractivity contribution >= 4 is 22.7 Å². The fraction of sp³-hybridized carbons (Fsp3) is 0.412. The molecular formula is C34H40O6S. The molecule has 0 heterocycles. The van der Waals surface area contributed by atoms with E-state index in [1.165, 1.54) is 49.8 Å². The molecule has 2 N–H and O–H groups in total. The molecule has 2 unspecified atom stereocenters. The molecule has 1 saturated carbocycles. The van der Waals surface area contributed by atoms with Crippen molar-refractivity contribution in [1.82, 2.24) is 0 Å². The van der Waals surface area contributed by atoms with E-state index in [1.54, 1.807) is 12.1 Å². The Labute approximate surface area is 245 Å². The monoisotopic (exact) mass is 576 g/mol. The Hall–Kier alpha value is -3.45. The maximum absolute atomic E-state index is 13.5. The Kier molecular flexibility index (Phi) is 11.6. The summed E-state index contributed by atoms with van der Waals surface area (Å²) < 4.78 is 19.8. The number of benzene rings is 3. The van der Waals surface area contributed by atoms with E-state index in [1.807, 2.05) is 24.3 Å². The predicted molar refractivity (Wildman–Crippen MR) is 161 cm³/mol. The van der Waals surface area contributed by atoms with Crippen LogP contribution in [0.5, 0.6) is 5.75 Å². The third kappa shape index (κ3) is 9.28. The highest BCUT2D eigenvalue weighted by Gasteiger charge is 2.20. The van der Waals surface area contributed by atoms with Gasteiger partial charge in [0.2, 0.25) is 0 Å². The minimum Gasteiger partial charge on any atom is -0.489 e. The van der Waals surface area contributed by atoms with Gasteiger partial charge < -0.3 is 14.9 Å². The molecule has 1 aliphatic carbocycles. The number of para-hydroxylation sites is 1. The molecule has 0 radical (unpaired) electrons. The molecule has 3 aromatic rings. The fourth-order valence-electron chi connectivity index (χ4n) is 5.58. The van der Waals surface area contributed by atoms with E-state index in [0.717, 1.165) is 16.9 Å². The van der Waals surface area contributed by atoms with Gasteiger partial charge in [0.25, 0.3) is 0 Å². The zero-order valence-corrected chi connectivity index (χ0v) is 24.3. The van der Waals surface area contributed by atoms with Crippen LogP contribution in [0.15, 0.2) is 77.7 Å². The molecule has 6 nitrogen and oxygen atoms in total. The summed E-state index contributed by atoms with van der Waals surface area (Å²) in [4.78, 5) is 22.8. The molecule has 0 aromatic heterocycles. The molecule has 2 atom stereocenters. The summed E-state index contributed by atoms with van der Waals surface area (Å²) in [5, 5.41) is 18.0. The van der Waals surface area contributed by atoms with Gasteiger partial charge >= 0.3 is 11.9 Å². The van der Waals surface area contributed by atoms with Crippen molar-refractivity contribution in [1.29, 1.82) is 0 Å². The summed E-state index contributed by atoms with van der Waals surface area (Å²) in [6, 6.07) is 22.9. The summed E-state index contributed by atoms with van der Waals surface area (Å²) >= 11 is 0. The van der Waals surface area contributed by atoms with E-state index in [-0.39, 0.29) is 17.2 Å². The van der Waals surface area contributed by atoms with Gasteiger partial charge in [0.1, 0.15) is 12.4 Å². The highest BCUT2D eigenvalue weighted by atomic mass is 32.2. The standard InChI is InChI=1S/C34H40O6S/c35-33(36)13-7-5-11-30(41(39)31-22-19-29(20-23-31)34(37)38)21-18-28-10-4-6-12-32(28)40-24-25-14-16-27(17-15-25)26-8-2-1-3-9-26/h4,6,10,12,14-17,19-20,22-23,26,30H,1-3,5,7-9,11,13,18,21,24H2,(H,35,36)(H,37,38). The van der Waals surface area contributed by atoms with Crippen molar-refractivity contribution in [2.24, 2.45) is 0 Å². The first-order valence-electron chi connectivity index (χ1n) is 14.7. The molecule has 218 valence electrons. The number of rotatable bonds is 15. The van der Waals surface area contributed by atoms with Gasteiger partial charge in [-0.3, -0.25) is 9.00 Å². The van der Waals surface area contributed by atoms with E-state index in [4.69, 9.17) is 9.84 Å². The van der Waals surface area contributed by atoms with Gasteiger partial charge in [-0.25, -0.2) is 4.79 Å². The van der Waals surface area contributed by atoms with Crippen LogP contribution < -0.4 is 4.74 Å². The quantitative estimate of drug-likeness (QED) is 0.179. The third-order valence-corrected chi connectivity index (χ3v) is 9.78. The number of hydrogen-bond donors (Lipinski definition) is 2. The number of aromatic carboxylic acids is 1. The Morgan fingerprint density at radius 1 is 0.854 bits per heavy atom. The summed E-state index contributed by atoms with van der Waals surface area (Å²) in [7, 11) is -1.36. The van der Waals surface area contributed by atoms with Crippen molar-refractivity contribution < 1.29 is 28.7 Å². The van der Waals surface area contributed by atoms with Gasteiger partial charge in [-0.05, 0) is 91.5 Å². The number of carboxylic acid groups (broad SMARTS) is 2. The molecule has 1 aliphatic rings. The van der Waals surface area contributed by atoms with Crippen molar-refractivity contribution in [3.63, 3.8) is 0 Å². The molecule has 7 heteroatoms. The lowest BCUT2D eigenvalue weighted by Gasteiger charge is -2.22. The van der Waals surface area contributed by atoms with Gasteiger partial charge in [-0.1, -0.05) is 68.1 Å². The summed E-state index contributed by atoms with van der Waals surface area (Å²) in [5.74, 6) is -0.367. The van der Waals surface area contributed by atoms with Crippen LogP contribution in [0.4, 0.5) is 0 Å².